The maximum Gasteiger partial charge on any atom is 0.231 e. The van der Waals surface area contributed by atoms with Gasteiger partial charge < -0.3 is 5.32 Å². The Morgan fingerprint density at radius 2 is 1.97 bits per heavy atom. The molecular formula is C22H28BrN5OS. The Balaban J connectivity index is 1.81. The third kappa shape index (κ3) is 5.25. The van der Waals surface area contributed by atoms with Crippen LogP contribution in [0.3, 0.4) is 0 Å². The Morgan fingerprint density at radius 3 is 2.57 bits per heavy atom. The van der Waals surface area contributed by atoms with E-state index in [9.17, 15) is 10.1 Å². The largest absolute Gasteiger partial charge is 0.337 e. The molecule has 1 atom stereocenters. The van der Waals surface area contributed by atoms with Crippen molar-refractivity contribution in [2.45, 2.75) is 69.6 Å². The topological polar surface area (TPSA) is 83.6 Å². The van der Waals surface area contributed by atoms with E-state index in [4.69, 9.17) is 0 Å². The van der Waals surface area contributed by atoms with Gasteiger partial charge >= 0.3 is 0 Å². The van der Waals surface area contributed by atoms with Gasteiger partial charge in [0.1, 0.15) is 5.54 Å². The number of hydrogen-bond acceptors (Lipinski definition) is 5. The van der Waals surface area contributed by atoms with Crippen molar-refractivity contribution in [2.75, 3.05) is 5.75 Å². The minimum absolute atomic E-state index is 0.0198. The van der Waals surface area contributed by atoms with Gasteiger partial charge in [0, 0.05) is 16.1 Å². The number of thioether (sulfide) groups is 1. The van der Waals surface area contributed by atoms with E-state index in [-0.39, 0.29) is 17.6 Å². The number of aromatic nitrogens is 3. The highest BCUT2D eigenvalue weighted by Crippen LogP contribution is 2.35. The van der Waals surface area contributed by atoms with Crippen LogP contribution in [0.4, 0.5) is 0 Å². The van der Waals surface area contributed by atoms with Crippen LogP contribution in [0, 0.1) is 17.2 Å². The van der Waals surface area contributed by atoms with Crippen molar-refractivity contribution in [2.24, 2.45) is 5.92 Å². The lowest BCUT2D eigenvalue weighted by Gasteiger charge is -2.27. The standard InChI is InChI=1S/C22H28BrN5OS/c1-15(2)22(3,14-24)25-19(29)13-30-21-27-26-20(16-9-11-17(23)12-10-16)28(21)18-7-5-4-6-8-18/h9-12,15,18H,4-8,13H2,1-3H3,(H,25,29)/t22-/m1/s1. The van der Waals surface area contributed by atoms with Crippen LogP contribution in [-0.4, -0.2) is 32.0 Å². The molecule has 0 saturated heterocycles. The number of halogens is 1. The number of nitrogens with one attached hydrogen (secondary N) is 1. The molecule has 1 N–H and O–H groups in total. The predicted molar refractivity (Wildman–Crippen MR) is 123 cm³/mol. The van der Waals surface area contributed by atoms with Crippen LogP contribution in [0.25, 0.3) is 11.4 Å². The first kappa shape index (κ1) is 22.8. The highest BCUT2D eigenvalue weighted by Gasteiger charge is 2.30. The van der Waals surface area contributed by atoms with E-state index >= 15 is 0 Å². The van der Waals surface area contributed by atoms with Crippen molar-refractivity contribution in [1.82, 2.24) is 20.1 Å². The summed E-state index contributed by atoms with van der Waals surface area (Å²) >= 11 is 4.87. The fraction of sp³-hybridized carbons (Fsp3) is 0.545. The first-order valence-corrected chi connectivity index (χ1v) is 12.2. The Morgan fingerprint density at radius 1 is 1.30 bits per heavy atom. The van der Waals surface area contributed by atoms with Crippen molar-refractivity contribution in [3.05, 3.63) is 28.7 Å². The molecule has 3 rings (SSSR count). The third-order valence-electron chi connectivity index (χ3n) is 5.83. The van der Waals surface area contributed by atoms with E-state index in [0.29, 0.717) is 6.04 Å². The molecule has 6 nitrogen and oxygen atoms in total. The second kappa shape index (κ2) is 9.97. The van der Waals surface area contributed by atoms with Crippen LogP contribution in [0.15, 0.2) is 33.9 Å². The molecule has 0 bridgehead atoms. The highest BCUT2D eigenvalue weighted by atomic mass is 79.9. The molecule has 1 heterocycles. The van der Waals surface area contributed by atoms with Crippen molar-refractivity contribution in [1.29, 1.82) is 5.26 Å². The summed E-state index contributed by atoms with van der Waals surface area (Å²) in [7, 11) is 0. The summed E-state index contributed by atoms with van der Waals surface area (Å²) in [5.74, 6) is 0.906. The number of rotatable bonds is 7. The van der Waals surface area contributed by atoms with E-state index < -0.39 is 5.54 Å². The van der Waals surface area contributed by atoms with Crippen LogP contribution in [-0.2, 0) is 4.79 Å². The van der Waals surface area contributed by atoms with E-state index in [1.807, 2.05) is 38.1 Å². The zero-order valence-corrected chi connectivity index (χ0v) is 20.1. The molecule has 0 aliphatic heterocycles. The van der Waals surface area contributed by atoms with Crippen LogP contribution in [0.5, 0.6) is 0 Å². The molecule has 1 aromatic heterocycles. The normalized spacial score (nSPS) is 16.8. The molecule has 1 aliphatic rings. The van der Waals surface area contributed by atoms with Crippen molar-refractivity contribution in [3.63, 3.8) is 0 Å². The molecule has 1 amide bonds. The van der Waals surface area contributed by atoms with E-state index in [1.54, 1.807) is 6.92 Å². The number of nitrogens with zero attached hydrogens (tertiary/aromatic N) is 4. The minimum atomic E-state index is -0.878. The molecule has 0 unspecified atom stereocenters. The fourth-order valence-corrected chi connectivity index (χ4v) is 4.67. The lowest BCUT2D eigenvalue weighted by atomic mass is 9.90. The summed E-state index contributed by atoms with van der Waals surface area (Å²) in [4.78, 5) is 12.6. The number of nitriles is 1. The second-order valence-corrected chi connectivity index (χ2v) is 10.1. The Hall–Kier alpha value is -1.85. The highest BCUT2D eigenvalue weighted by molar-refractivity contribution is 9.10. The summed E-state index contributed by atoms with van der Waals surface area (Å²) in [6.07, 6.45) is 5.85. The van der Waals surface area contributed by atoms with Crippen LogP contribution in [0.1, 0.15) is 58.9 Å². The summed E-state index contributed by atoms with van der Waals surface area (Å²) in [6, 6.07) is 10.7. The molecule has 1 fully saturated rings. The Labute approximate surface area is 191 Å². The van der Waals surface area contributed by atoms with Gasteiger partial charge in [-0.2, -0.15) is 5.26 Å². The maximum absolute atomic E-state index is 12.6. The van der Waals surface area contributed by atoms with Crippen LogP contribution < -0.4 is 5.32 Å². The quantitative estimate of drug-likeness (QED) is 0.529. The van der Waals surface area contributed by atoms with Crippen molar-refractivity contribution in [3.8, 4) is 17.5 Å². The number of benzene rings is 1. The molecular weight excluding hydrogens is 462 g/mol. The fourth-order valence-electron chi connectivity index (χ4n) is 3.60. The zero-order chi connectivity index (χ0) is 21.7. The van der Waals surface area contributed by atoms with Gasteiger partial charge in [0.05, 0.1) is 11.8 Å². The molecule has 0 spiro atoms. The van der Waals surface area contributed by atoms with Crippen molar-refractivity contribution < 1.29 is 4.79 Å². The second-order valence-electron chi connectivity index (χ2n) is 8.28. The molecule has 1 saturated carbocycles. The molecule has 2 aromatic rings. The summed E-state index contributed by atoms with van der Waals surface area (Å²) in [6.45, 7) is 5.62. The average molecular weight is 490 g/mol. The first-order valence-electron chi connectivity index (χ1n) is 10.4. The molecule has 30 heavy (non-hydrogen) atoms. The SMILES string of the molecule is CC(C)[C@@](C)(C#N)NC(=O)CSc1nnc(-c2ccc(Br)cc2)n1C1CCCCC1. The van der Waals surface area contributed by atoms with Gasteiger partial charge in [0.25, 0.3) is 0 Å². The van der Waals surface area contributed by atoms with E-state index in [1.165, 1.54) is 31.0 Å². The van der Waals surface area contributed by atoms with Gasteiger partial charge in [0.15, 0.2) is 11.0 Å². The number of carbonyl (C=O) groups is 1. The maximum atomic E-state index is 12.6. The Bertz CT molecular complexity index is 915. The average Bonchev–Trinajstić information content (AvgIpc) is 3.17. The minimum Gasteiger partial charge on any atom is -0.337 e. The first-order chi connectivity index (χ1) is 14.3. The zero-order valence-electron chi connectivity index (χ0n) is 17.7. The molecule has 1 aromatic carbocycles. The van der Waals surface area contributed by atoms with Gasteiger partial charge in [-0.05, 0) is 37.8 Å². The third-order valence-corrected chi connectivity index (χ3v) is 7.30. The van der Waals surface area contributed by atoms with Gasteiger partial charge in [-0.1, -0.05) is 72.9 Å². The smallest absolute Gasteiger partial charge is 0.231 e. The molecule has 0 radical (unpaired) electrons. The molecule has 160 valence electrons. The summed E-state index contributed by atoms with van der Waals surface area (Å²) < 4.78 is 3.23. The monoisotopic (exact) mass is 489 g/mol. The number of hydrogen-bond donors (Lipinski definition) is 1. The lowest BCUT2D eigenvalue weighted by Crippen LogP contribution is -2.49. The van der Waals surface area contributed by atoms with Gasteiger partial charge in [0.2, 0.25) is 5.91 Å². The number of amides is 1. The Kier molecular flexibility index (Phi) is 7.59. The van der Waals surface area contributed by atoms with Crippen molar-refractivity contribution >= 4 is 33.6 Å². The lowest BCUT2D eigenvalue weighted by molar-refractivity contribution is -0.120. The van der Waals surface area contributed by atoms with Gasteiger partial charge in [-0.15, -0.1) is 10.2 Å². The summed E-state index contributed by atoms with van der Waals surface area (Å²) in [5.41, 5.74) is 0.140. The molecule has 1 aliphatic carbocycles. The van der Waals surface area contributed by atoms with Crippen LogP contribution in [0.2, 0.25) is 0 Å². The summed E-state index contributed by atoms with van der Waals surface area (Å²) in [5, 5.41) is 22.0. The van der Waals surface area contributed by atoms with Gasteiger partial charge in [-0.25, -0.2) is 0 Å². The van der Waals surface area contributed by atoms with E-state index in [2.05, 4.69) is 42.1 Å². The van der Waals surface area contributed by atoms with Gasteiger partial charge in [-0.3, -0.25) is 9.36 Å². The van der Waals surface area contributed by atoms with E-state index in [0.717, 1.165) is 33.9 Å². The predicted octanol–water partition coefficient (Wildman–Crippen LogP) is 5.36. The molecule has 8 heteroatoms. The van der Waals surface area contributed by atoms with Crippen LogP contribution >= 0.6 is 27.7 Å². The number of carbonyl (C=O) groups excluding carboxylic acids is 1.